The Morgan fingerprint density at radius 3 is 2.67 bits per heavy atom. The zero-order chi connectivity index (χ0) is 13.4. The van der Waals surface area contributed by atoms with Crippen LogP contribution < -0.4 is 10.5 Å². The molecule has 1 rings (SSSR count). The molecule has 18 heavy (non-hydrogen) atoms. The maximum Gasteiger partial charge on any atom is 0.213 e. The Morgan fingerprint density at radius 2 is 2.06 bits per heavy atom. The lowest BCUT2D eigenvalue weighted by atomic mass is 10.1. The molecule has 0 radical (unpaired) electrons. The molecule has 2 N–H and O–H groups in total. The van der Waals surface area contributed by atoms with Crippen LogP contribution in [0.4, 0.5) is 0 Å². The van der Waals surface area contributed by atoms with Gasteiger partial charge in [-0.25, -0.2) is 4.98 Å². The van der Waals surface area contributed by atoms with E-state index in [1.54, 1.807) is 0 Å². The molecule has 102 valence electrons. The van der Waals surface area contributed by atoms with E-state index in [0.29, 0.717) is 25.6 Å². The van der Waals surface area contributed by atoms with E-state index < -0.39 is 0 Å². The van der Waals surface area contributed by atoms with Gasteiger partial charge in [0.25, 0.3) is 0 Å². The van der Waals surface area contributed by atoms with Crippen LogP contribution in [0.1, 0.15) is 38.4 Å². The van der Waals surface area contributed by atoms with Gasteiger partial charge in [0.1, 0.15) is 6.61 Å². The zero-order valence-corrected chi connectivity index (χ0v) is 11.6. The lowest BCUT2D eigenvalue weighted by molar-refractivity contribution is 0.0542. The van der Waals surface area contributed by atoms with Crippen molar-refractivity contribution in [2.45, 2.75) is 46.3 Å². The molecule has 0 fully saturated rings. The van der Waals surface area contributed by atoms with Gasteiger partial charge < -0.3 is 15.2 Å². The van der Waals surface area contributed by atoms with Crippen molar-refractivity contribution in [3.8, 4) is 5.88 Å². The van der Waals surface area contributed by atoms with E-state index in [9.17, 15) is 0 Å². The molecule has 0 spiro atoms. The molecule has 0 aliphatic rings. The Kier molecular flexibility index (Phi) is 6.68. The van der Waals surface area contributed by atoms with Gasteiger partial charge in [-0.3, -0.25) is 0 Å². The van der Waals surface area contributed by atoms with Crippen LogP contribution in [0.25, 0.3) is 0 Å². The third kappa shape index (κ3) is 5.47. The quantitative estimate of drug-likeness (QED) is 0.721. The van der Waals surface area contributed by atoms with E-state index in [0.717, 1.165) is 24.1 Å². The Morgan fingerprint density at radius 1 is 1.28 bits per heavy atom. The van der Waals surface area contributed by atoms with Gasteiger partial charge in [-0.1, -0.05) is 13.3 Å². The predicted octanol–water partition coefficient (Wildman–Crippen LogP) is 2.30. The molecule has 0 aromatic carbocycles. The minimum atomic E-state index is 0.229. The molecular weight excluding hydrogens is 228 g/mol. The molecule has 0 amide bonds. The van der Waals surface area contributed by atoms with E-state index in [-0.39, 0.29) is 6.10 Å². The van der Waals surface area contributed by atoms with Gasteiger partial charge in [0.2, 0.25) is 5.88 Å². The van der Waals surface area contributed by atoms with Crippen molar-refractivity contribution in [1.29, 1.82) is 0 Å². The summed E-state index contributed by atoms with van der Waals surface area (Å²) in [6.07, 6.45) is 2.25. The minimum Gasteiger partial charge on any atom is -0.475 e. The number of nitrogens with two attached hydrogens (primary N) is 1. The van der Waals surface area contributed by atoms with E-state index in [1.165, 1.54) is 0 Å². The number of hydrogen-bond donors (Lipinski definition) is 1. The summed E-state index contributed by atoms with van der Waals surface area (Å²) in [7, 11) is 0. The largest absolute Gasteiger partial charge is 0.475 e. The summed E-state index contributed by atoms with van der Waals surface area (Å²) in [5, 5.41) is 0. The number of nitrogens with zero attached hydrogens (tertiary/aromatic N) is 1. The first-order valence-corrected chi connectivity index (χ1v) is 6.60. The highest BCUT2D eigenvalue weighted by molar-refractivity contribution is 5.25. The Hall–Kier alpha value is -1.13. The van der Waals surface area contributed by atoms with Gasteiger partial charge >= 0.3 is 0 Å². The monoisotopic (exact) mass is 252 g/mol. The fourth-order valence-corrected chi connectivity index (χ4v) is 1.63. The van der Waals surface area contributed by atoms with Crippen LogP contribution >= 0.6 is 0 Å². The predicted molar refractivity (Wildman–Crippen MR) is 72.7 cm³/mol. The van der Waals surface area contributed by atoms with Crippen molar-refractivity contribution in [3.05, 3.63) is 23.4 Å². The van der Waals surface area contributed by atoms with Crippen molar-refractivity contribution in [2.75, 3.05) is 13.2 Å². The first kappa shape index (κ1) is 14.9. The molecule has 0 aliphatic heterocycles. The average molecular weight is 252 g/mol. The molecule has 0 saturated heterocycles. The number of aryl methyl sites for hydroxylation is 1. The van der Waals surface area contributed by atoms with Gasteiger partial charge in [-0.2, -0.15) is 0 Å². The molecule has 0 aliphatic carbocycles. The number of rotatable bonds is 8. The highest BCUT2D eigenvalue weighted by Gasteiger charge is 2.03. The average Bonchev–Trinajstić information content (AvgIpc) is 2.34. The summed E-state index contributed by atoms with van der Waals surface area (Å²) in [4.78, 5) is 4.45. The van der Waals surface area contributed by atoms with Crippen molar-refractivity contribution in [2.24, 2.45) is 5.73 Å². The third-order valence-corrected chi connectivity index (χ3v) is 2.44. The van der Waals surface area contributed by atoms with Gasteiger partial charge in [-0.15, -0.1) is 0 Å². The summed E-state index contributed by atoms with van der Waals surface area (Å²) in [6, 6.07) is 3.94. The number of pyridine rings is 1. The standard InChI is InChI=1S/C14H24N2O2/c1-4-5-13-8-12(10-15)9-14(16-13)18-7-6-17-11(2)3/h8-9,11H,4-7,10,15H2,1-3H3. The topological polar surface area (TPSA) is 57.4 Å². The van der Waals surface area contributed by atoms with Gasteiger partial charge in [0, 0.05) is 18.3 Å². The van der Waals surface area contributed by atoms with E-state index in [4.69, 9.17) is 15.2 Å². The first-order chi connectivity index (χ1) is 8.65. The van der Waals surface area contributed by atoms with Gasteiger partial charge in [0.05, 0.1) is 12.7 Å². The van der Waals surface area contributed by atoms with Crippen molar-refractivity contribution in [1.82, 2.24) is 4.98 Å². The summed E-state index contributed by atoms with van der Waals surface area (Å²) in [5.74, 6) is 0.647. The van der Waals surface area contributed by atoms with Crippen LogP contribution in [0.2, 0.25) is 0 Å². The summed E-state index contributed by atoms with van der Waals surface area (Å²) in [6.45, 7) is 7.76. The van der Waals surface area contributed by atoms with E-state index in [2.05, 4.69) is 11.9 Å². The van der Waals surface area contributed by atoms with Crippen LogP contribution in [0.15, 0.2) is 12.1 Å². The third-order valence-electron chi connectivity index (χ3n) is 2.44. The Balaban J connectivity index is 2.55. The molecule has 0 unspecified atom stereocenters. The smallest absolute Gasteiger partial charge is 0.213 e. The van der Waals surface area contributed by atoms with Gasteiger partial charge in [-0.05, 0) is 31.9 Å². The Labute approximate surface area is 110 Å². The van der Waals surface area contributed by atoms with Crippen LogP contribution in [0.3, 0.4) is 0 Å². The second kappa shape index (κ2) is 8.06. The van der Waals surface area contributed by atoms with Crippen molar-refractivity contribution >= 4 is 0 Å². The molecular formula is C14H24N2O2. The maximum atomic E-state index is 5.67. The highest BCUT2D eigenvalue weighted by Crippen LogP contribution is 2.13. The fourth-order valence-electron chi connectivity index (χ4n) is 1.63. The lowest BCUT2D eigenvalue weighted by Crippen LogP contribution is -2.12. The van der Waals surface area contributed by atoms with Crippen LogP contribution in [0.5, 0.6) is 5.88 Å². The minimum absolute atomic E-state index is 0.229. The van der Waals surface area contributed by atoms with Crippen LogP contribution in [0, 0.1) is 0 Å². The SMILES string of the molecule is CCCc1cc(CN)cc(OCCOC(C)C)n1. The molecule has 0 atom stereocenters. The van der Waals surface area contributed by atoms with E-state index >= 15 is 0 Å². The summed E-state index contributed by atoms with van der Waals surface area (Å²) >= 11 is 0. The highest BCUT2D eigenvalue weighted by atomic mass is 16.5. The number of ether oxygens (including phenoxy) is 2. The molecule has 1 aromatic rings. The lowest BCUT2D eigenvalue weighted by Gasteiger charge is -2.10. The fraction of sp³-hybridized carbons (Fsp3) is 0.643. The van der Waals surface area contributed by atoms with E-state index in [1.807, 2.05) is 26.0 Å². The van der Waals surface area contributed by atoms with Crippen molar-refractivity contribution < 1.29 is 9.47 Å². The molecule has 0 bridgehead atoms. The maximum absolute atomic E-state index is 5.67. The molecule has 4 heteroatoms. The van der Waals surface area contributed by atoms with Crippen LogP contribution in [-0.2, 0) is 17.7 Å². The van der Waals surface area contributed by atoms with Crippen molar-refractivity contribution in [3.63, 3.8) is 0 Å². The molecule has 1 heterocycles. The number of hydrogen-bond acceptors (Lipinski definition) is 4. The Bertz CT molecular complexity index is 354. The van der Waals surface area contributed by atoms with Crippen LogP contribution in [-0.4, -0.2) is 24.3 Å². The molecule has 4 nitrogen and oxygen atoms in total. The second-order valence-electron chi connectivity index (χ2n) is 4.53. The number of aromatic nitrogens is 1. The van der Waals surface area contributed by atoms with Gasteiger partial charge in [0.15, 0.2) is 0 Å². The second-order valence-corrected chi connectivity index (χ2v) is 4.53. The normalized spacial score (nSPS) is 10.9. The summed E-state index contributed by atoms with van der Waals surface area (Å²) < 4.78 is 11.0. The molecule has 1 aromatic heterocycles. The molecule has 0 saturated carbocycles. The zero-order valence-electron chi connectivity index (χ0n) is 11.6. The summed E-state index contributed by atoms with van der Waals surface area (Å²) in [5.41, 5.74) is 7.78. The first-order valence-electron chi connectivity index (χ1n) is 6.60.